The predicted molar refractivity (Wildman–Crippen MR) is 157 cm³/mol. The summed E-state index contributed by atoms with van der Waals surface area (Å²) in [5.41, 5.74) is 9.11. The van der Waals surface area contributed by atoms with E-state index in [0.29, 0.717) is 11.1 Å². The molecule has 2 aromatic heterocycles. The van der Waals surface area contributed by atoms with Crippen LogP contribution in [0.1, 0.15) is 49.1 Å². The van der Waals surface area contributed by atoms with Gasteiger partial charge in [-0.1, -0.05) is 91.0 Å². The average molecular weight is 564 g/mol. The number of hydrogen-bond donors (Lipinski definition) is 1. The summed E-state index contributed by atoms with van der Waals surface area (Å²) in [5.74, 6) is -0.559. The summed E-state index contributed by atoms with van der Waals surface area (Å²) in [6.07, 6.45) is 1.61. The molecular formula is C34H33N3O5. The molecule has 5 aromatic rings. The number of furan rings is 1. The van der Waals surface area contributed by atoms with Crippen LogP contribution in [-0.2, 0) is 24.5 Å². The number of rotatable bonds is 7. The number of fused-ring (bicyclic) bond motifs is 2. The van der Waals surface area contributed by atoms with Crippen molar-refractivity contribution in [1.82, 2.24) is 9.97 Å². The number of aromatic nitrogens is 2. The Morgan fingerprint density at radius 2 is 1.40 bits per heavy atom. The van der Waals surface area contributed by atoms with Crippen LogP contribution in [0.4, 0.5) is 5.82 Å². The van der Waals surface area contributed by atoms with Gasteiger partial charge in [0.1, 0.15) is 41.4 Å². The van der Waals surface area contributed by atoms with Crippen LogP contribution in [0, 0.1) is 0 Å². The number of anilines is 1. The van der Waals surface area contributed by atoms with E-state index in [1.165, 1.54) is 6.33 Å². The summed E-state index contributed by atoms with van der Waals surface area (Å²) in [4.78, 5) is 8.53. The number of nitrogens with zero attached hydrogens (tertiary/aromatic N) is 2. The van der Waals surface area contributed by atoms with Crippen LogP contribution in [0.2, 0.25) is 0 Å². The van der Waals surface area contributed by atoms with Gasteiger partial charge in [0.05, 0.1) is 12.9 Å². The maximum atomic E-state index is 7.14. The number of ether oxygens (including phenoxy) is 4. The van der Waals surface area contributed by atoms with E-state index < -0.39 is 35.3 Å². The minimum atomic E-state index is -0.902. The molecule has 0 radical (unpaired) electrons. The lowest BCUT2D eigenvalue weighted by Gasteiger charge is -2.37. The number of benzene rings is 3. The Morgan fingerprint density at radius 1 is 0.833 bits per heavy atom. The van der Waals surface area contributed by atoms with Crippen molar-refractivity contribution in [2.24, 2.45) is 0 Å². The van der Waals surface area contributed by atoms with Crippen molar-refractivity contribution in [3.8, 4) is 0 Å². The van der Waals surface area contributed by atoms with E-state index >= 15 is 0 Å². The average Bonchev–Trinajstić information content (AvgIpc) is 3.62. The molecule has 2 saturated heterocycles. The lowest BCUT2D eigenvalue weighted by atomic mass is 9.80. The van der Waals surface area contributed by atoms with E-state index in [1.807, 2.05) is 75.4 Å². The zero-order valence-corrected chi connectivity index (χ0v) is 23.8. The Hall–Kier alpha value is -4.08. The number of hydrogen-bond acceptors (Lipinski definition) is 8. The Morgan fingerprint density at radius 3 is 1.98 bits per heavy atom. The van der Waals surface area contributed by atoms with Crippen molar-refractivity contribution >= 4 is 16.9 Å². The van der Waals surface area contributed by atoms with Crippen LogP contribution in [0.25, 0.3) is 11.1 Å². The molecule has 2 N–H and O–H groups in total. The third kappa shape index (κ3) is 4.22. The largest absolute Gasteiger partial charge is 0.458 e. The summed E-state index contributed by atoms with van der Waals surface area (Å²) in [7, 11) is 0. The summed E-state index contributed by atoms with van der Waals surface area (Å²) in [6.45, 7) is 6.07. The van der Waals surface area contributed by atoms with Crippen LogP contribution in [0.3, 0.4) is 0 Å². The van der Waals surface area contributed by atoms with E-state index in [-0.39, 0.29) is 12.4 Å². The molecule has 8 heteroatoms. The fraction of sp³-hybridized carbons (Fsp3) is 0.294. The lowest BCUT2D eigenvalue weighted by Crippen LogP contribution is -2.42. The van der Waals surface area contributed by atoms with Gasteiger partial charge in [0.15, 0.2) is 17.2 Å². The molecule has 0 bridgehead atoms. The second-order valence-electron chi connectivity index (χ2n) is 11.5. The van der Waals surface area contributed by atoms with E-state index in [2.05, 4.69) is 46.4 Å². The van der Waals surface area contributed by atoms with Gasteiger partial charge in [-0.25, -0.2) is 9.97 Å². The molecule has 0 saturated carbocycles. The first-order chi connectivity index (χ1) is 20.3. The highest BCUT2D eigenvalue weighted by molar-refractivity contribution is 5.85. The van der Waals surface area contributed by atoms with Gasteiger partial charge in [0.2, 0.25) is 0 Å². The smallest absolute Gasteiger partial charge is 0.194 e. The highest BCUT2D eigenvalue weighted by Crippen LogP contribution is 2.54. The van der Waals surface area contributed by atoms with Crippen LogP contribution >= 0.6 is 0 Å². The molecule has 214 valence electrons. The quantitative estimate of drug-likeness (QED) is 0.235. The molecule has 3 aromatic carbocycles. The number of nitrogen functional groups attached to an aromatic ring is 1. The van der Waals surface area contributed by atoms with Crippen molar-refractivity contribution in [1.29, 1.82) is 0 Å². The summed E-state index contributed by atoms with van der Waals surface area (Å²) < 4.78 is 32.8. The van der Waals surface area contributed by atoms with Crippen molar-refractivity contribution in [3.63, 3.8) is 0 Å². The predicted octanol–water partition coefficient (Wildman–Crippen LogP) is 6.16. The van der Waals surface area contributed by atoms with E-state index in [4.69, 9.17) is 29.1 Å². The van der Waals surface area contributed by atoms with Crippen LogP contribution in [-0.4, -0.2) is 40.2 Å². The van der Waals surface area contributed by atoms with E-state index in [9.17, 15) is 0 Å². The Balaban J connectivity index is 1.31. The first-order valence-corrected chi connectivity index (χ1v) is 14.1. The van der Waals surface area contributed by atoms with Gasteiger partial charge in [0.25, 0.3) is 0 Å². The van der Waals surface area contributed by atoms with Gasteiger partial charge in [-0.3, -0.25) is 0 Å². The summed E-state index contributed by atoms with van der Waals surface area (Å²) in [6, 6.07) is 30.8. The molecule has 0 amide bonds. The topological polar surface area (TPSA) is 102 Å². The summed E-state index contributed by atoms with van der Waals surface area (Å²) in [5, 5.41) is 0. The SMILES string of the molecule is CC1(C)O[C@@H]2C(COC(c3ccccc3)(c3ccccc3)c3ccccc3)OC(c3coc4c(N)ncnc34)[C@]2(C)O1. The zero-order chi connectivity index (χ0) is 29.0. The van der Waals surface area contributed by atoms with Crippen LogP contribution < -0.4 is 5.73 Å². The summed E-state index contributed by atoms with van der Waals surface area (Å²) >= 11 is 0. The Labute approximate surface area is 244 Å². The van der Waals surface area contributed by atoms with Crippen molar-refractivity contribution < 1.29 is 23.4 Å². The van der Waals surface area contributed by atoms with Crippen molar-refractivity contribution in [3.05, 3.63) is 126 Å². The van der Waals surface area contributed by atoms with Gasteiger partial charge in [-0.05, 0) is 37.5 Å². The van der Waals surface area contributed by atoms with Gasteiger partial charge >= 0.3 is 0 Å². The molecule has 0 aliphatic carbocycles. The maximum absolute atomic E-state index is 7.14. The standard InChI is InChI=1S/C34H33N3O5/c1-32(2)41-30-26(40-29(33(30,3)42-32)25-19-38-28-27(25)36-21-37-31(28)35)20-39-34(22-13-7-4-8-14-22,23-15-9-5-10-16-23)24-17-11-6-12-18-24/h4-19,21,26,29-30H,20H2,1-3H3,(H2,35,36,37)/t26?,29?,30-,33+/m1/s1. The third-order valence-corrected chi connectivity index (χ3v) is 8.31. The molecule has 2 unspecified atom stereocenters. The van der Waals surface area contributed by atoms with Gasteiger partial charge in [-0.2, -0.15) is 0 Å². The first-order valence-electron chi connectivity index (χ1n) is 14.1. The molecule has 2 aliphatic rings. The lowest BCUT2D eigenvalue weighted by molar-refractivity contribution is -0.210. The fourth-order valence-electron chi connectivity index (χ4n) is 6.62. The fourth-order valence-corrected chi connectivity index (χ4v) is 6.62. The minimum Gasteiger partial charge on any atom is -0.458 e. The molecule has 42 heavy (non-hydrogen) atoms. The zero-order valence-electron chi connectivity index (χ0n) is 23.8. The molecule has 7 rings (SSSR count). The van der Waals surface area contributed by atoms with Crippen molar-refractivity contribution in [2.45, 2.75) is 56.1 Å². The molecular weight excluding hydrogens is 530 g/mol. The molecule has 4 heterocycles. The third-order valence-electron chi connectivity index (χ3n) is 8.31. The number of nitrogens with two attached hydrogens (primary N) is 1. The molecule has 2 fully saturated rings. The minimum absolute atomic E-state index is 0.224. The second-order valence-corrected chi connectivity index (χ2v) is 11.5. The molecule has 8 nitrogen and oxygen atoms in total. The molecule has 0 spiro atoms. The Bertz CT molecular complexity index is 1600. The maximum Gasteiger partial charge on any atom is 0.194 e. The van der Waals surface area contributed by atoms with Gasteiger partial charge in [-0.15, -0.1) is 0 Å². The highest BCUT2D eigenvalue weighted by atomic mass is 16.8. The van der Waals surface area contributed by atoms with Crippen LogP contribution in [0.15, 0.2) is 108 Å². The van der Waals surface area contributed by atoms with Crippen LogP contribution in [0.5, 0.6) is 0 Å². The van der Waals surface area contributed by atoms with E-state index in [0.717, 1.165) is 22.3 Å². The molecule has 2 aliphatic heterocycles. The van der Waals surface area contributed by atoms with Gasteiger partial charge < -0.3 is 29.1 Å². The Kier molecular flexibility index (Phi) is 6.40. The first kappa shape index (κ1) is 26.8. The monoisotopic (exact) mass is 563 g/mol. The normalized spacial score (nSPS) is 25.1. The highest BCUT2D eigenvalue weighted by Gasteiger charge is 2.64. The van der Waals surface area contributed by atoms with E-state index in [1.54, 1.807) is 6.26 Å². The second kappa shape index (κ2) is 10.0. The van der Waals surface area contributed by atoms with Gasteiger partial charge in [0, 0.05) is 5.56 Å². The van der Waals surface area contributed by atoms with Crippen molar-refractivity contribution in [2.75, 3.05) is 12.3 Å². The molecule has 4 atom stereocenters.